The summed E-state index contributed by atoms with van der Waals surface area (Å²) in [6.45, 7) is 1.03. The Kier molecular flexibility index (Phi) is 4.93. The number of rotatable bonds is 7. The summed E-state index contributed by atoms with van der Waals surface area (Å²) < 4.78 is 5.78. The van der Waals surface area contributed by atoms with E-state index in [0.29, 0.717) is 30.4 Å². The number of para-hydroxylation sites is 1. The van der Waals surface area contributed by atoms with E-state index >= 15 is 0 Å². The third-order valence-corrected chi connectivity index (χ3v) is 4.03. The van der Waals surface area contributed by atoms with E-state index in [2.05, 4.69) is 5.32 Å². The summed E-state index contributed by atoms with van der Waals surface area (Å²) in [4.78, 5) is 12.4. The maximum Gasteiger partial charge on any atom is 0.255 e. The highest BCUT2D eigenvalue weighted by Gasteiger charge is 2.23. The van der Waals surface area contributed by atoms with Crippen molar-refractivity contribution in [2.24, 2.45) is 5.92 Å². The Bertz CT molecular complexity index is 680. The Morgan fingerprint density at radius 3 is 2.52 bits per heavy atom. The lowest BCUT2D eigenvalue weighted by Crippen LogP contribution is -2.24. The highest BCUT2D eigenvalue weighted by atomic mass is 16.5. The molecule has 0 heterocycles. The van der Waals surface area contributed by atoms with Crippen molar-refractivity contribution < 1.29 is 14.6 Å². The van der Waals surface area contributed by atoms with Gasteiger partial charge in [-0.2, -0.15) is 0 Å². The Morgan fingerprint density at radius 2 is 1.78 bits per heavy atom. The second-order valence-electron chi connectivity index (χ2n) is 5.86. The SMILES string of the molecule is O=C(NCc1ccccc1CO)c1ccccc1OCC1CC1. The van der Waals surface area contributed by atoms with Crippen molar-refractivity contribution in [2.45, 2.75) is 26.0 Å². The fraction of sp³-hybridized carbons (Fsp3) is 0.316. The second-order valence-corrected chi connectivity index (χ2v) is 5.86. The van der Waals surface area contributed by atoms with E-state index in [0.717, 1.165) is 11.1 Å². The zero-order valence-corrected chi connectivity index (χ0v) is 13.0. The van der Waals surface area contributed by atoms with Crippen molar-refractivity contribution in [1.29, 1.82) is 0 Å². The number of aliphatic hydroxyl groups is 1. The molecule has 2 N–H and O–H groups in total. The maximum atomic E-state index is 12.4. The van der Waals surface area contributed by atoms with Gasteiger partial charge in [-0.3, -0.25) is 4.79 Å². The minimum atomic E-state index is -0.163. The van der Waals surface area contributed by atoms with Crippen molar-refractivity contribution >= 4 is 5.91 Å². The molecule has 1 amide bonds. The van der Waals surface area contributed by atoms with Gasteiger partial charge < -0.3 is 15.2 Å². The molecule has 2 aromatic rings. The van der Waals surface area contributed by atoms with Gasteiger partial charge in [0.15, 0.2) is 0 Å². The fourth-order valence-corrected chi connectivity index (χ4v) is 2.43. The monoisotopic (exact) mass is 311 g/mol. The summed E-state index contributed by atoms with van der Waals surface area (Å²) in [6.07, 6.45) is 2.43. The average molecular weight is 311 g/mol. The molecule has 4 nitrogen and oxygen atoms in total. The van der Waals surface area contributed by atoms with Crippen LogP contribution in [-0.2, 0) is 13.2 Å². The van der Waals surface area contributed by atoms with Crippen molar-refractivity contribution in [3.8, 4) is 5.75 Å². The number of carbonyl (C=O) groups is 1. The first-order valence-corrected chi connectivity index (χ1v) is 7.95. The van der Waals surface area contributed by atoms with Crippen LogP contribution in [0.25, 0.3) is 0 Å². The molecule has 23 heavy (non-hydrogen) atoms. The Hall–Kier alpha value is -2.33. The van der Waals surface area contributed by atoms with Crippen LogP contribution in [-0.4, -0.2) is 17.6 Å². The Morgan fingerprint density at radius 1 is 1.09 bits per heavy atom. The van der Waals surface area contributed by atoms with Crippen LogP contribution >= 0.6 is 0 Å². The summed E-state index contributed by atoms with van der Waals surface area (Å²) >= 11 is 0. The molecule has 1 aliphatic rings. The van der Waals surface area contributed by atoms with E-state index in [-0.39, 0.29) is 12.5 Å². The quantitative estimate of drug-likeness (QED) is 0.826. The molecule has 0 spiro atoms. The Balaban J connectivity index is 1.65. The summed E-state index contributed by atoms with van der Waals surface area (Å²) in [5, 5.41) is 12.2. The van der Waals surface area contributed by atoms with Gasteiger partial charge in [0.05, 0.1) is 18.8 Å². The number of carbonyl (C=O) groups excluding carboxylic acids is 1. The summed E-state index contributed by atoms with van der Waals surface area (Å²) in [5.74, 6) is 1.11. The van der Waals surface area contributed by atoms with Gasteiger partial charge in [-0.05, 0) is 42.0 Å². The molecule has 3 rings (SSSR count). The van der Waals surface area contributed by atoms with Crippen LogP contribution < -0.4 is 10.1 Å². The number of benzene rings is 2. The zero-order chi connectivity index (χ0) is 16.1. The summed E-state index contributed by atoms with van der Waals surface area (Å²) in [6, 6.07) is 14.8. The zero-order valence-electron chi connectivity index (χ0n) is 13.0. The first kappa shape index (κ1) is 15.6. The van der Waals surface area contributed by atoms with Gasteiger partial charge in [0.1, 0.15) is 5.75 Å². The maximum absolute atomic E-state index is 12.4. The number of hydrogen-bond acceptors (Lipinski definition) is 3. The van der Waals surface area contributed by atoms with E-state index < -0.39 is 0 Å². The number of aliphatic hydroxyl groups excluding tert-OH is 1. The van der Waals surface area contributed by atoms with Gasteiger partial charge in [-0.15, -0.1) is 0 Å². The van der Waals surface area contributed by atoms with Gasteiger partial charge in [-0.25, -0.2) is 0 Å². The highest BCUT2D eigenvalue weighted by molar-refractivity contribution is 5.96. The molecule has 0 aromatic heterocycles. The topological polar surface area (TPSA) is 58.6 Å². The van der Waals surface area contributed by atoms with Crippen LogP contribution in [0.3, 0.4) is 0 Å². The van der Waals surface area contributed by atoms with Crippen LogP contribution in [0, 0.1) is 5.92 Å². The molecular weight excluding hydrogens is 290 g/mol. The van der Waals surface area contributed by atoms with Crippen molar-refractivity contribution in [3.63, 3.8) is 0 Å². The van der Waals surface area contributed by atoms with Gasteiger partial charge in [0, 0.05) is 6.54 Å². The molecule has 0 atom stereocenters. The van der Waals surface area contributed by atoms with Crippen LogP contribution in [0.15, 0.2) is 48.5 Å². The first-order chi connectivity index (χ1) is 11.3. The lowest BCUT2D eigenvalue weighted by molar-refractivity contribution is 0.0946. The number of hydrogen-bond donors (Lipinski definition) is 2. The van der Waals surface area contributed by atoms with E-state index in [1.54, 1.807) is 6.07 Å². The van der Waals surface area contributed by atoms with Gasteiger partial charge in [0.25, 0.3) is 5.91 Å². The third kappa shape index (κ3) is 4.11. The van der Waals surface area contributed by atoms with Crippen molar-refractivity contribution in [3.05, 3.63) is 65.2 Å². The highest BCUT2D eigenvalue weighted by Crippen LogP contribution is 2.30. The first-order valence-electron chi connectivity index (χ1n) is 7.95. The Labute approximate surface area is 136 Å². The molecule has 0 unspecified atom stereocenters. The van der Waals surface area contributed by atoms with Crippen LogP contribution in [0.4, 0.5) is 0 Å². The minimum absolute atomic E-state index is 0.0346. The smallest absolute Gasteiger partial charge is 0.255 e. The molecule has 0 aliphatic heterocycles. The van der Waals surface area contributed by atoms with Crippen LogP contribution in [0.5, 0.6) is 5.75 Å². The molecule has 0 radical (unpaired) electrons. The lowest BCUT2D eigenvalue weighted by Gasteiger charge is -2.12. The molecule has 120 valence electrons. The fourth-order valence-electron chi connectivity index (χ4n) is 2.43. The van der Waals surface area contributed by atoms with Gasteiger partial charge in [0.2, 0.25) is 0 Å². The lowest BCUT2D eigenvalue weighted by atomic mass is 10.1. The molecule has 1 fully saturated rings. The average Bonchev–Trinajstić information content (AvgIpc) is 3.42. The number of nitrogens with one attached hydrogen (secondary N) is 1. The normalized spacial score (nSPS) is 13.6. The van der Waals surface area contributed by atoms with Gasteiger partial charge in [-0.1, -0.05) is 36.4 Å². The van der Waals surface area contributed by atoms with E-state index in [1.807, 2.05) is 42.5 Å². The van der Waals surface area contributed by atoms with E-state index in [9.17, 15) is 9.90 Å². The predicted octanol–water partition coefficient (Wildman–Crippen LogP) is 2.90. The molecule has 4 heteroatoms. The van der Waals surface area contributed by atoms with Crippen LogP contribution in [0.1, 0.15) is 34.3 Å². The second kappa shape index (κ2) is 7.29. The predicted molar refractivity (Wildman–Crippen MR) is 88.2 cm³/mol. The molecule has 0 bridgehead atoms. The summed E-state index contributed by atoms with van der Waals surface area (Å²) in [7, 11) is 0. The number of ether oxygens (including phenoxy) is 1. The molecule has 0 saturated heterocycles. The molecule has 1 saturated carbocycles. The number of amides is 1. The molecule has 1 aliphatic carbocycles. The molecule has 2 aromatic carbocycles. The third-order valence-electron chi connectivity index (χ3n) is 4.03. The van der Waals surface area contributed by atoms with E-state index in [1.165, 1.54) is 12.8 Å². The minimum Gasteiger partial charge on any atom is -0.492 e. The van der Waals surface area contributed by atoms with Crippen LogP contribution in [0.2, 0.25) is 0 Å². The molecular formula is C19H21NO3. The van der Waals surface area contributed by atoms with Crippen molar-refractivity contribution in [1.82, 2.24) is 5.32 Å². The van der Waals surface area contributed by atoms with Gasteiger partial charge >= 0.3 is 0 Å². The summed E-state index contributed by atoms with van der Waals surface area (Å²) in [5.41, 5.74) is 2.29. The largest absolute Gasteiger partial charge is 0.492 e. The standard InChI is InChI=1S/C19H21NO3/c21-12-16-6-2-1-5-15(16)11-20-19(22)17-7-3-4-8-18(17)23-13-14-9-10-14/h1-8,14,21H,9-13H2,(H,20,22). The van der Waals surface area contributed by atoms with E-state index in [4.69, 9.17) is 4.74 Å². The van der Waals surface area contributed by atoms with Crippen molar-refractivity contribution in [2.75, 3.05) is 6.61 Å².